The van der Waals surface area contributed by atoms with Crippen LogP contribution in [0.15, 0.2) is 115 Å². The van der Waals surface area contributed by atoms with Gasteiger partial charge in [-0.3, -0.25) is 9.59 Å². The molecule has 0 bridgehead atoms. The van der Waals surface area contributed by atoms with Gasteiger partial charge in [0, 0.05) is 6.42 Å². The van der Waals surface area contributed by atoms with E-state index in [-0.39, 0.29) is 30.5 Å². The molecule has 0 aromatic heterocycles. The van der Waals surface area contributed by atoms with Crippen molar-refractivity contribution < 1.29 is 32.2 Å². The number of carbonyl (C=O) groups is 2. The summed E-state index contributed by atoms with van der Waals surface area (Å²) in [5, 5.41) is 0. The number of esters is 2. The molecule has 41 heavy (non-hydrogen) atoms. The average molecular weight is 563 g/mol. The topological polar surface area (TPSA) is 52.6 Å². The van der Waals surface area contributed by atoms with E-state index in [1.807, 2.05) is 85.8 Å². The van der Waals surface area contributed by atoms with E-state index in [0.29, 0.717) is 6.61 Å². The second kappa shape index (κ2) is 16.0. The van der Waals surface area contributed by atoms with Crippen molar-refractivity contribution in [2.75, 3.05) is 6.61 Å². The van der Waals surface area contributed by atoms with Gasteiger partial charge in [-0.05, 0) is 34.7 Å². The molecule has 7 heteroatoms. The first kappa shape index (κ1) is 31.1. The maximum absolute atomic E-state index is 12.6. The van der Waals surface area contributed by atoms with Crippen LogP contribution in [0.1, 0.15) is 47.1 Å². The van der Waals surface area contributed by atoms with Crippen molar-refractivity contribution in [3.05, 3.63) is 143 Å². The molecule has 0 fully saturated rings. The summed E-state index contributed by atoms with van der Waals surface area (Å²) in [6, 6.07) is 33.6. The summed E-state index contributed by atoms with van der Waals surface area (Å²) in [7, 11) is 0. The van der Waals surface area contributed by atoms with E-state index >= 15 is 0 Å². The largest absolute Gasteiger partial charge is 0.465 e. The van der Waals surface area contributed by atoms with Gasteiger partial charge in [0.1, 0.15) is 6.61 Å². The first-order chi connectivity index (χ1) is 19.8. The Balaban J connectivity index is 0.000000226. The lowest BCUT2D eigenvalue weighted by molar-refractivity contribution is -0.146. The van der Waals surface area contributed by atoms with Crippen LogP contribution in [-0.4, -0.2) is 18.5 Å². The summed E-state index contributed by atoms with van der Waals surface area (Å²) in [5.41, 5.74) is 2.56. The Bertz CT molecular complexity index is 1340. The molecule has 4 rings (SSSR count). The smallest absolute Gasteiger partial charge is 0.416 e. The van der Waals surface area contributed by atoms with Crippen LogP contribution in [0, 0.1) is 0 Å². The lowest BCUT2D eigenvalue weighted by atomic mass is 9.97. The predicted octanol–water partition coefficient (Wildman–Crippen LogP) is 7.96. The molecule has 214 valence electrons. The fourth-order valence-electron chi connectivity index (χ4n) is 4.05. The molecule has 0 aliphatic heterocycles. The molecule has 4 aromatic carbocycles. The third kappa shape index (κ3) is 11.0. The van der Waals surface area contributed by atoms with Crippen LogP contribution in [-0.2, 0) is 44.7 Å². The molecule has 1 atom stereocenters. The van der Waals surface area contributed by atoms with Crippen LogP contribution in [0.25, 0.3) is 0 Å². The van der Waals surface area contributed by atoms with Crippen LogP contribution >= 0.6 is 0 Å². The van der Waals surface area contributed by atoms with Crippen molar-refractivity contribution in [1.29, 1.82) is 0 Å². The van der Waals surface area contributed by atoms with Gasteiger partial charge in [-0.1, -0.05) is 116 Å². The van der Waals surface area contributed by atoms with Crippen molar-refractivity contribution in [1.82, 2.24) is 0 Å². The number of rotatable bonds is 10. The molecule has 0 aliphatic rings. The van der Waals surface area contributed by atoms with Crippen LogP contribution in [0.3, 0.4) is 0 Å². The van der Waals surface area contributed by atoms with Gasteiger partial charge in [0.15, 0.2) is 0 Å². The van der Waals surface area contributed by atoms with Gasteiger partial charge in [-0.25, -0.2) is 0 Å². The number of carbonyl (C=O) groups excluding carboxylic acids is 2. The Morgan fingerprint density at radius 2 is 1.27 bits per heavy atom. The molecule has 4 nitrogen and oxygen atoms in total. The SMILES string of the molecule is CCC(C(=O)OCCc1ccccc1)c1ccccc1.O=C(Cc1cccc(C(F)(F)F)c1)OCc1ccccc1. The minimum absolute atomic E-state index is 0.110. The minimum Gasteiger partial charge on any atom is -0.465 e. The summed E-state index contributed by atoms with van der Waals surface area (Å²) in [4.78, 5) is 23.8. The molecular weight excluding hydrogens is 529 g/mol. The molecule has 1 unspecified atom stereocenters. The van der Waals surface area contributed by atoms with Crippen molar-refractivity contribution in [2.24, 2.45) is 0 Å². The Morgan fingerprint density at radius 3 is 1.85 bits per heavy atom. The quantitative estimate of drug-likeness (QED) is 0.184. The number of ether oxygens (including phenoxy) is 2. The minimum atomic E-state index is -4.41. The first-order valence-electron chi connectivity index (χ1n) is 13.4. The van der Waals surface area contributed by atoms with Gasteiger partial charge in [0.2, 0.25) is 0 Å². The normalized spacial score (nSPS) is 11.5. The Labute approximate surface area is 238 Å². The lowest BCUT2D eigenvalue weighted by Gasteiger charge is -2.14. The van der Waals surface area contributed by atoms with Crippen LogP contribution in [0.5, 0.6) is 0 Å². The van der Waals surface area contributed by atoms with E-state index in [1.165, 1.54) is 17.7 Å². The fourth-order valence-corrected chi connectivity index (χ4v) is 4.05. The first-order valence-corrected chi connectivity index (χ1v) is 13.4. The molecule has 0 saturated carbocycles. The van der Waals surface area contributed by atoms with Gasteiger partial charge < -0.3 is 9.47 Å². The molecule has 0 radical (unpaired) electrons. The molecule has 0 aliphatic carbocycles. The third-order valence-corrected chi connectivity index (χ3v) is 6.22. The molecule has 0 spiro atoms. The maximum Gasteiger partial charge on any atom is 0.416 e. The summed E-state index contributed by atoms with van der Waals surface area (Å²) in [6.07, 6.45) is -3.08. The van der Waals surface area contributed by atoms with Gasteiger partial charge in [-0.15, -0.1) is 0 Å². The standard InChI is InChI=1S/C18H20O2.C16H13F3O2/c1-2-17(16-11-7-4-8-12-16)18(19)20-14-13-15-9-5-3-6-10-15;17-16(18,19)14-8-4-7-13(9-14)10-15(20)21-11-12-5-2-1-3-6-12/h3-12,17H,2,13-14H2,1H3;1-9H,10-11H2. The van der Waals surface area contributed by atoms with Gasteiger partial charge in [0.25, 0.3) is 0 Å². The van der Waals surface area contributed by atoms with Crippen LogP contribution in [0.2, 0.25) is 0 Å². The highest BCUT2D eigenvalue weighted by atomic mass is 19.4. The summed E-state index contributed by atoms with van der Waals surface area (Å²) < 4.78 is 48.1. The number of halogens is 3. The molecular formula is C34H33F3O4. The lowest BCUT2D eigenvalue weighted by Crippen LogP contribution is -2.16. The Hall–Kier alpha value is -4.39. The highest BCUT2D eigenvalue weighted by molar-refractivity contribution is 5.78. The fraction of sp³-hybridized carbons (Fsp3) is 0.235. The van der Waals surface area contributed by atoms with E-state index in [0.717, 1.165) is 36.1 Å². The molecule has 0 amide bonds. The summed E-state index contributed by atoms with van der Waals surface area (Å²) in [6.45, 7) is 2.56. The average Bonchev–Trinajstić information content (AvgIpc) is 2.98. The van der Waals surface area contributed by atoms with E-state index in [2.05, 4.69) is 0 Å². The Morgan fingerprint density at radius 1 is 0.707 bits per heavy atom. The van der Waals surface area contributed by atoms with Crippen molar-refractivity contribution in [3.63, 3.8) is 0 Å². The maximum atomic E-state index is 12.6. The molecule has 0 saturated heterocycles. The number of alkyl halides is 3. The van der Waals surface area contributed by atoms with Crippen molar-refractivity contribution >= 4 is 11.9 Å². The monoisotopic (exact) mass is 562 g/mol. The van der Waals surface area contributed by atoms with Gasteiger partial charge in [0.05, 0.1) is 24.5 Å². The Kier molecular flexibility index (Phi) is 12.2. The highest BCUT2D eigenvalue weighted by Crippen LogP contribution is 2.29. The van der Waals surface area contributed by atoms with Crippen molar-refractivity contribution in [3.8, 4) is 0 Å². The molecule has 4 aromatic rings. The number of hydrogen-bond acceptors (Lipinski definition) is 4. The third-order valence-electron chi connectivity index (χ3n) is 6.22. The second-order valence-corrected chi connectivity index (χ2v) is 9.30. The second-order valence-electron chi connectivity index (χ2n) is 9.30. The number of hydrogen-bond donors (Lipinski definition) is 0. The van der Waals surface area contributed by atoms with Crippen LogP contribution in [0.4, 0.5) is 13.2 Å². The molecule has 0 heterocycles. The van der Waals surface area contributed by atoms with Crippen LogP contribution < -0.4 is 0 Å². The zero-order chi connectivity index (χ0) is 29.5. The van der Waals surface area contributed by atoms with E-state index in [4.69, 9.17) is 9.47 Å². The van der Waals surface area contributed by atoms with E-state index < -0.39 is 17.7 Å². The van der Waals surface area contributed by atoms with Crippen molar-refractivity contribution in [2.45, 2.75) is 44.9 Å². The number of benzene rings is 4. The summed E-state index contributed by atoms with van der Waals surface area (Å²) >= 11 is 0. The summed E-state index contributed by atoms with van der Waals surface area (Å²) in [5.74, 6) is -0.847. The zero-order valence-corrected chi connectivity index (χ0v) is 22.8. The van der Waals surface area contributed by atoms with Gasteiger partial charge in [-0.2, -0.15) is 13.2 Å². The predicted molar refractivity (Wildman–Crippen MR) is 152 cm³/mol. The van der Waals surface area contributed by atoms with Gasteiger partial charge >= 0.3 is 18.1 Å². The van der Waals surface area contributed by atoms with E-state index in [9.17, 15) is 22.8 Å². The highest BCUT2D eigenvalue weighted by Gasteiger charge is 2.30. The zero-order valence-electron chi connectivity index (χ0n) is 22.8. The molecule has 0 N–H and O–H groups in total. The van der Waals surface area contributed by atoms with E-state index in [1.54, 1.807) is 12.1 Å².